The Morgan fingerprint density at radius 1 is 1.24 bits per heavy atom. The van der Waals surface area contributed by atoms with Crippen LogP contribution in [-0.4, -0.2) is 34.5 Å². The van der Waals surface area contributed by atoms with Crippen LogP contribution in [0.3, 0.4) is 0 Å². The van der Waals surface area contributed by atoms with Crippen molar-refractivity contribution in [3.8, 4) is 0 Å². The highest BCUT2D eigenvalue weighted by Crippen LogP contribution is 2.19. The quantitative estimate of drug-likeness (QED) is 0.603. The van der Waals surface area contributed by atoms with Crippen LogP contribution in [-0.2, 0) is 9.59 Å². The Morgan fingerprint density at radius 3 is 2.41 bits per heavy atom. The number of hydrogen-bond donors (Lipinski definition) is 1. The number of hydrogen-bond acceptors (Lipinski definition) is 2. The van der Waals surface area contributed by atoms with E-state index in [1.165, 1.54) is 4.90 Å². The Hall–Kier alpha value is -1.58. The lowest BCUT2D eigenvalue weighted by molar-refractivity contribution is -0.146. The van der Waals surface area contributed by atoms with Gasteiger partial charge in [0.2, 0.25) is 5.91 Å². The Labute approximate surface area is 102 Å². The molecule has 0 aromatic rings. The topological polar surface area (TPSA) is 57.6 Å². The van der Waals surface area contributed by atoms with Crippen LogP contribution in [0.25, 0.3) is 0 Å². The van der Waals surface area contributed by atoms with E-state index in [0.29, 0.717) is 18.5 Å². The third kappa shape index (κ3) is 3.44. The van der Waals surface area contributed by atoms with Crippen molar-refractivity contribution in [2.24, 2.45) is 0 Å². The lowest BCUT2D eigenvalue weighted by Crippen LogP contribution is -2.40. The van der Waals surface area contributed by atoms with Crippen molar-refractivity contribution in [2.75, 3.05) is 6.54 Å². The smallest absolute Gasteiger partial charge is 0.326 e. The molecule has 1 atom stereocenters. The van der Waals surface area contributed by atoms with E-state index in [1.54, 1.807) is 13.0 Å². The van der Waals surface area contributed by atoms with Crippen molar-refractivity contribution in [2.45, 2.75) is 39.7 Å². The molecule has 0 aromatic heterocycles. The highest BCUT2D eigenvalue weighted by Gasteiger charge is 2.34. The van der Waals surface area contributed by atoms with Gasteiger partial charge in [0.15, 0.2) is 0 Å². The summed E-state index contributed by atoms with van der Waals surface area (Å²) in [5, 5.41) is 9.01. The normalized spacial score (nSPS) is 20.3. The zero-order chi connectivity index (χ0) is 13.0. The predicted octanol–water partition coefficient (Wildman–Crippen LogP) is 1.97. The third-order valence-electron chi connectivity index (χ3n) is 2.80. The van der Waals surface area contributed by atoms with E-state index in [4.69, 9.17) is 5.11 Å². The van der Waals surface area contributed by atoms with Crippen LogP contribution in [0.15, 0.2) is 23.3 Å². The van der Waals surface area contributed by atoms with Gasteiger partial charge in [-0.25, -0.2) is 4.79 Å². The number of carbonyl (C=O) groups excluding carboxylic acids is 1. The van der Waals surface area contributed by atoms with Crippen LogP contribution in [0.4, 0.5) is 0 Å². The average molecular weight is 237 g/mol. The molecule has 94 valence electrons. The minimum atomic E-state index is -0.911. The van der Waals surface area contributed by atoms with E-state index in [9.17, 15) is 9.59 Å². The summed E-state index contributed by atoms with van der Waals surface area (Å²) in [4.78, 5) is 24.5. The van der Waals surface area contributed by atoms with Gasteiger partial charge >= 0.3 is 5.97 Å². The first-order chi connectivity index (χ1) is 7.93. The Balaban J connectivity index is 2.79. The van der Waals surface area contributed by atoms with Gasteiger partial charge < -0.3 is 10.0 Å². The first-order valence-corrected chi connectivity index (χ1v) is 5.79. The second-order valence-electron chi connectivity index (χ2n) is 4.59. The van der Waals surface area contributed by atoms with Gasteiger partial charge in [-0.3, -0.25) is 4.79 Å². The van der Waals surface area contributed by atoms with Gasteiger partial charge in [0, 0.05) is 12.1 Å². The standard InChI is InChI=1S/C13H19NO3/c1-9(2)6-7-10(3)12(15)14-8-4-5-11(14)13(16)17/h6-7,11H,4-5,8H2,1-3H3,(H,16,17)/t11-/m1/s1. The minimum Gasteiger partial charge on any atom is -0.480 e. The molecule has 1 heterocycles. The minimum absolute atomic E-state index is 0.174. The van der Waals surface area contributed by atoms with Crippen LogP contribution >= 0.6 is 0 Å². The van der Waals surface area contributed by atoms with E-state index in [0.717, 1.165) is 12.0 Å². The van der Waals surface area contributed by atoms with E-state index >= 15 is 0 Å². The monoisotopic (exact) mass is 237 g/mol. The molecule has 0 radical (unpaired) electrons. The van der Waals surface area contributed by atoms with E-state index < -0.39 is 12.0 Å². The fraction of sp³-hybridized carbons (Fsp3) is 0.538. The van der Waals surface area contributed by atoms with Gasteiger partial charge in [-0.15, -0.1) is 0 Å². The summed E-state index contributed by atoms with van der Waals surface area (Å²) >= 11 is 0. The molecule has 1 amide bonds. The molecule has 4 nitrogen and oxygen atoms in total. The number of allylic oxidation sites excluding steroid dienone is 3. The fourth-order valence-corrected chi connectivity index (χ4v) is 1.86. The van der Waals surface area contributed by atoms with Crippen LogP contribution in [0.1, 0.15) is 33.6 Å². The maximum atomic E-state index is 12.0. The first kappa shape index (κ1) is 13.5. The summed E-state index contributed by atoms with van der Waals surface area (Å²) in [6, 6.07) is -0.655. The molecule has 1 saturated heterocycles. The molecule has 1 fully saturated rings. The van der Waals surface area contributed by atoms with Gasteiger partial charge in [0.25, 0.3) is 0 Å². The van der Waals surface area contributed by atoms with Gasteiger partial charge in [0.1, 0.15) is 6.04 Å². The molecular weight excluding hydrogens is 218 g/mol. The molecule has 0 unspecified atom stereocenters. The van der Waals surface area contributed by atoms with Gasteiger partial charge in [-0.2, -0.15) is 0 Å². The zero-order valence-corrected chi connectivity index (χ0v) is 10.6. The van der Waals surface area contributed by atoms with Crippen LogP contribution < -0.4 is 0 Å². The zero-order valence-electron chi connectivity index (χ0n) is 10.6. The number of nitrogens with zero attached hydrogens (tertiary/aromatic N) is 1. The molecule has 0 aliphatic carbocycles. The van der Waals surface area contributed by atoms with Crippen molar-refractivity contribution in [1.29, 1.82) is 0 Å². The van der Waals surface area contributed by atoms with Crippen LogP contribution in [0.5, 0.6) is 0 Å². The van der Waals surface area contributed by atoms with Crippen molar-refractivity contribution in [3.63, 3.8) is 0 Å². The molecule has 17 heavy (non-hydrogen) atoms. The number of carbonyl (C=O) groups is 2. The summed E-state index contributed by atoms with van der Waals surface area (Å²) in [6.45, 7) is 6.16. The van der Waals surface area contributed by atoms with Gasteiger partial charge in [-0.05, 0) is 33.6 Å². The van der Waals surface area contributed by atoms with E-state index in [1.807, 2.05) is 19.9 Å². The molecule has 0 bridgehead atoms. The summed E-state index contributed by atoms with van der Waals surface area (Å²) in [5.74, 6) is -1.08. The van der Waals surface area contributed by atoms with Gasteiger partial charge in [-0.1, -0.05) is 17.7 Å². The van der Waals surface area contributed by atoms with Crippen molar-refractivity contribution < 1.29 is 14.7 Å². The van der Waals surface area contributed by atoms with Crippen molar-refractivity contribution in [3.05, 3.63) is 23.3 Å². The lowest BCUT2D eigenvalue weighted by Gasteiger charge is -2.21. The van der Waals surface area contributed by atoms with Crippen molar-refractivity contribution in [1.82, 2.24) is 4.90 Å². The predicted molar refractivity (Wildman–Crippen MR) is 65.6 cm³/mol. The summed E-state index contributed by atoms with van der Waals surface area (Å²) in [5.41, 5.74) is 1.69. The number of rotatable bonds is 3. The lowest BCUT2D eigenvalue weighted by atomic mass is 10.2. The van der Waals surface area contributed by atoms with Crippen LogP contribution in [0.2, 0.25) is 0 Å². The Morgan fingerprint density at radius 2 is 1.88 bits per heavy atom. The number of carboxylic acid groups (broad SMARTS) is 1. The second-order valence-corrected chi connectivity index (χ2v) is 4.59. The molecule has 4 heteroatoms. The molecule has 0 spiro atoms. The summed E-state index contributed by atoms with van der Waals surface area (Å²) < 4.78 is 0. The van der Waals surface area contributed by atoms with Crippen molar-refractivity contribution >= 4 is 11.9 Å². The maximum Gasteiger partial charge on any atom is 0.326 e. The van der Waals surface area contributed by atoms with E-state index in [2.05, 4.69) is 0 Å². The largest absolute Gasteiger partial charge is 0.480 e. The van der Waals surface area contributed by atoms with E-state index in [-0.39, 0.29) is 5.91 Å². The summed E-state index contributed by atoms with van der Waals surface area (Å²) in [7, 11) is 0. The number of aliphatic carboxylic acids is 1. The fourth-order valence-electron chi connectivity index (χ4n) is 1.86. The molecule has 0 saturated carbocycles. The number of likely N-dealkylation sites (tertiary alicyclic amines) is 1. The number of carboxylic acids is 1. The highest BCUT2D eigenvalue weighted by atomic mass is 16.4. The molecule has 1 aliphatic rings. The molecular formula is C13H19NO3. The van der Waals surface area contributed by atoms with Gasteiger partial charge in [0.05, 0.1) is 0 Å². The maximum absolute atomic E-state index is 12.0. The van der Waals surface area contributed by atoms with Crippen LogP contribution in [0, 0.1) is 0 Å². The molecule has 0 aromatic carbocycles. The highest BCUT2D eigenvalue weighted by molar-refractivity contribution is 5.96. The second kappa shape index (κ2) is 5.66. The SMILES string of the molecule is CC(C)=CC=C(C)C(=O)N1CCC[C@@H]1C(=O)O. The molecule has 1 aliphatic heterocycles. The third-order valence-corrected chi connectivity index (χ3v) is 2.80. The first-order valence-electron chi connectivity index (χ1n) is 5.79. The Kier molecular flexibility index (Phi) is 4.49. The molecule has 1 N–H and O–H groups in total. The molecule has 1 rings (SSSR count). The summed E-state index contributed by atoms with van der Waals surface area (Å²) in [6.07, 6.45) is 4.92. The Bertz CT molecular complexity index is 378. The average Bonchev–Trinajstić information content (AvgIpc) is 2.73. The number of amides is 1.